The largest absolute Gasteiger partial charge is 0.491 e. The Morgan fingerprint density at radius 1 is 1.36 bits per heavy atom. The number of nitrogens with zero attached hydrogens (tertiary/aromatic N) is 2. The van der Waals surface area contributed by atoms with Crippen molar-refractivity contribution in [3.63, 3.8) is 0 Å². The topological polar surface area (TPSA) is 56.1 Å². The molecule has 2 rings (SSSR count). The van der Waals surface area contributed by atoms with Gasteiger partial charge in [-0.3, -0.25) is 9.48 Å². The van der Waals surface area contributed by atoms with Crippen LogP contribution in [0.15, 0.2) is 36.7 Å². The second-order valence-corrected chi connectivity index (χ2v) is 5.63. The highest BCUT2D eigenvalue weighted by Crippen LogP contribution is 2.12. The van der Waals surface area contributed by atoms with Gasteiger partial charge in [0.25, 0.3) is 0 Å². The Kier molecular flexibility index (Phi) is 5.58. The maximum Gasteiger partial charge on any atom is 0.222 e. The van der Waals surface area contributed by atoms with Gasteiger partial charge in [-0.15, -0.1) is 0 Å². The number of benzene rings is 1. The van der Waals surface area contributed by atoms with Gasteiger partial charge in [-0.2, -0.15) is 5.10 Å². The van der Waals surface area contributed by atoms with E-state index in [1.54, 1.807) is 10.9 Å². The summed E-state index contributed by atoms with van der Waals surface area (Å²) in [4.78, 5) is 11.9. The van der Waals surface area contributed by atoms with Gasteiger partial charge in [0.2, 0.25) is 5.91 Å². The van der Waals surface area contributed by atoms with Gasteiger partial charge in [-0.1, -0.05) is 12.1 Å². The predicted molar refractivity (Wildman–Crippen MR) is 85.9 cm³/mol. The molecule has 0 aliphatic rings. The predicted octanol–water partition coefficient (Wildman–Crippen LogP) is 2.47. The summed E-state index contributed by atoms with van der Waals surface area (Å²) >= 11 is 0. The first-order valence-electron chi connectivity index (χ1n) is 7.51. The molecule has 0 saturated carbocycles. The van der Waals surface area contributed by atoms with E-state index in [1.807, 2.05) is 51.2 Å². The van der Waals surface area contributed by atoms with E-state index in [-0.39, 0.29) is 11.9 Å². The Bertz CT molecular complexity index is 622. The number of amides is 1. The number of hydrogen-bond acceptors (Lipinski definition) is 3. The van der Waals surface area contributed by atoms with E-state index in [4.69, 9.17) is 4.74 Å². The summed E-state index contributed by atoms with van der Waals surface area (Å²) in [7, 11) is 0. The van der Waals surface area contributed by atoms with E-state index in [9.17, 15) is 4.79 Å². The van der Waals surface area contributed by atoms with Crippen molar-refractivity contribution in [3.8, 4) is 5.75 Å². The fourth-order valence-corrected chi connectivity index (χ4v) is 2.12. The number of hydrogen-bond donors (Lipinski definition) is 1. The second kappa shape index (κ2) is 7.64. The van der Waals surface area contributed by atoms with Crippen LogP contribution < -0.4 is 10.1 Å². The lowest BCUT2D eigenvalue weighted by atomic mass is 10.2. The van der Waals surface area contributed by atoms with Crippen LogP contribution in [0.5, 0.6) is 5.75 Å². The quantitative estimate of drug-likeness (QED) is 0.854. The molecule has 0 aliphatic carbocycles. The summed E-state index contributed by atoms with van der Waals surface area (Å²) in [5.41, 5.74) is 2.25. The number of aryl methyl sites for hydroxylation is 3. The van der Waals surface area contributed by atoms with Crippen LogP contribution in [0.25, 0.3) is 0 Å². The lowest BCUT2D eigenvalue weighted by Gasteiger charge is -2.15. The molecule has 0 saturated heterocycles. The van der Waals surface area contributed by atoms with E-state index in [2.05, 4.69) is 10.4 Å². The van der Waals surface area contributed by atoms with Crippen molar-refractivity contribution in [1.29, 1.82) is 0 Å². The van der Waals surface area contributed by atoms with Crippen molar-refractivity contribution in [2.75, 3.05) is 6.61 Å². The van der Waals surface area contributed by atoms with Gasteiger partial charge >= 0.3 is 0 Å². The molecule has 1 unspecified atom stereocenters. The SMILES string of the molecule is Cc1cccc(OCC(C)NC(=O)CCn2cc(C)cn2)c1. The number of ether oxygens (including phenoxy) is 1. The van der Waals surface area contributed by atoms with Crippen LogP contribution in [0.1, 0.15) is 24.5 Å². The lowest BCUT2D eigenvalue weighted by Crippen LogP contribution is -2.37. The van der Waals surface area contributed by atoms with Crippen LogP contribution >= 0.6 is 0 Å². The minimum Gasteiger partial charge on any atom is -0.491 e. The van der Waals surface area contributed by atoms with Crippen LogP contribution in [-0.2, 0) is 11.3 Å². The average molecular weight is 301 g/mol. The molecule has 118 valence electrons. The molecule has 5 heteroatoms. The standard InChI is InChI=1S/C17H23N3O2/c1-13-5-4-6-16(9-13)22-12-15(3)19-17(21)7-8-20-11-14(2)10-18-20/h4-6,9-11,15H,7-8,12H2,1-3H3,(H,19,21). The Balaban J connectivity index is 1.69. The third-order valence-electron chi connectivity index (χ3n) is 3.23. The molecule has 0 bridgehead atoms. The number of aromatic nitrogens is 2. The maximum atomic E-state index is 11.9. The van der Waals surface area contributed by atoms with E-state index >= 15 is 0 Å². The van der Waals surface area contributed by atoms with E-state index in [1.165, 1.54) is 0 Å². The molecule has 0 fully saturated rings. The molecule has 0 spiro atoms. The third-order valence-corrected chi connectivity index (χ3v) is 3.23. The first-order valence-corrected chi connectivity index (χ1v) is 7.51. The zero-order valence-electron chi connectivity index (χ0n) is 13.4. The number of rotatable bonds is 7. The zero-order chi connectivity index (χ0) is 15.9. The molecule has 0 aliphatic heterocycles. The van der Waals surface area contributed by atoms with Gasteiger partial charge in [0.15, 0.2) is 0 Å². The Labute approximate surface area is 131 Å². The highest BCUT2D eigenvalue weighted by molar-refractivity contribution is 5.76. The van der Waals surface area contributed by atoms with Gasteiger partial charge in [-0.25, -0.2) is 0 Å². The van der Waals surface area contributed by atoms with Gasteiger partial charge in [0, 0.05) is 19.2 Å². The average Bonchev–Trinajstić information content (AvgIpc) is 2.89. The number of carbonyl (C=O) groups excluding carboxylic acids is 1. The fourth-order valence-electron chi connectivity index (χ4n) is 2.12. The van der Waals surface area contributed by atoms with Crippen LogP contribution in [-0.4, -0.2) is 28.3 Å². The monoisotopic (exact) mass is 301 g/mol. The number of carbonyl (C=O) groups is 1. The molecular formula is C17H23N3O2. The normalized spacial score (nSPS) is 12.0. The molecular weight excluding hydrogens is 278 g/mol. The first-order chi connectivity index (χ1) is 10.5. The van der Waals surface area contributed by atoms with Crippen molar-refractivity contribution >= 4 is 5.91 Å². The van der Waals surface area contributed by atoms with Gasteiger partial charge in [-0.05, 0) is 44.0 Å². The minimum atomic E-state index is -0.0348. The highest BCUT2D eigenvalue weighted by Gasteiger charge is 2.08. The third kappa shape index (κ3) is 5.24. The molecule has 1 N–H and O–H groups in total. The molecule has 1 atom stereocenters. The van der Waals surface area contributed by atoms with Crippen molar-refractivity contribution < 1.29 is 9.53 Å². The number of nitrogens with one attached hydrogen (secondary N) is 1. The summed E-state index contributed by atoms with van der Waals surface area (Å²) in [5.74, 6) is 0.835. The fraction of sp³-hybridized carbons (Fsp3) is 0.412. The molecule has 1 heterocycles. The molecule has 1 aromatic carbocycles. The summed E-state index contributed by atoms with van der Waals surface area (Å²) in [5, 5.41) is 7.10. The molecule has 0 radical (unpaired) electrons. The lowest BCUT2D eigenvalue weighted by molar-refractivity contribution is -0.122. The summed E-state index contributed by atoms with van der Waals surface area (Å²) in [6, 6.07) is 7.85. The van der Waals surface area contributed by atoms with Crippen molar-refractivity contribution in [3.05, 3.63) is 47.8 Å². The van der Waals surface area contributed by atoms with Crippen LogP contribution in [0.2, 0.25) is 0 Å². The molecule has 1 aromatic heterocycles. The maximum absolute atomic E-state index is 11.9. The van der Waals surface area contributed by atoms with Gasteiger partial charge < -0.3 is 10.1 Å². The highest BCUT2D eigenvalue weighted by atomic mass is 16.5. The van der Waals surface area contributed by atoms with E-state index in [0.29, 0.717) is 19.6 Å². The van der Waals surface area contributed by atoms with Gasteiger partial charge in [0.1, 0.15) is 12.4 Å². The summed E-state index contributed by atoms with van der Waals surface area (Å²) in [6.07, 6.45) is 4.13. The summed E-state index contributed by atoms with van der Waals surface area (Å²) in [6.45, 7) is 6.98. The Morgan fingerprint density at radius 3 is 2.86 bits per heavy atom. The Hall–Kier alpha value is -2.30. The van der Waals surface area contributed by atoms with Crippen LogP contribution in [0.3, 0.4) is 0 Å². The Morgan fingerprint density at radius 2 is 2.18 bits per heavy atom. The van der Waals surface area contributed by atoms with Crippen molar-refractivity contribution in [2.45, 2.75) is 39.8 Å². The molecule has 22 heavy (non-hydrogen) atoms. The van der Waals surface area contributed by atoms with Crippen molar-refractivity contribution in [1.82, 2.24) is 15.1 Å². The zero-order valence-corrected chi connectivity index (χ0v) is 13.4. The first kappa shape index (κ1) is 16.1. The molecule has 5 nitrogen and oxygen atoms in total. The van der Waals surface area contributed by atoms with E-state index in [0.717, 1.165) is 16.9 Å². The van der Waals surface area contributed by atoms with Crippen LogP contribution in [0, 0.1) is 13.8 Å². The molecule has 2 aromatic rings. The van der Waals surface area contributed by atoms with Crippen LogP contribution in [0.4, 0.5) is 0 Å². The smallest absolute Gasteiger partial charge is 0.222 e. The van der Waals surface area contributed by atoms with Gasteiger partial charge in [0.05, 0.1) is 12.2 Å². The van der Waals surface area contributed by atoms with Crippen molar-refractivity contribution in [2.24, 2.45) is 0 Å². The second-order valence-electron chi connectivity index (χ2n) is 5.63. The summed E-state index contributed by atoms with van der Waals surface area (Å²) < 4.78 is 7.46. The minimum absolute atomic E-state index is 0.00787. The molecule has 1 amide bonds. The van der Waals surface area contributed by atoms with E-state index < -0.39 is 0 Å².